The van der Waals surface area contributed by atoms with Crippen molar-refractivity contribution in [3.63, 3.8) is 0 Å². The maximum atomic E-state index is 12.4. The minimum atomic E-state index is -1.56. The van der Waals surface area contributed by atoms with Gasteiger partial charge in [0.2, 0.25) is 0 Å². The maximum absolute atomic E-state index is 12.4. The SMILES string of the molecule is C[C@]12C[C@H](O)[C@H]3[C@@H](CCC4=CC(=O)CC(P)[C@@]43C)[C@@H]1CC[C@]2(O)C(=O)CO. The summed E-state index contributed by atoms with van der Waals surface area (Å²) in [6.45, 7) is 3.45. The Kier molecular flexibility index (Phi) is 4.52. The fraction of sp³-hybridized carbons (Fsp3) is 0.810. The highest BCUT2D eigenvalue weighted by molar-refractivity contribution is 7.17. The standard InChI is InChI=1S/C21H31O5P/c1-19-9-15(24)18-13(14(19)5-6-21(19,26)16(25)10-22)4-3-11-7-12(23)8-17(27)20(11,18)2/h7,13-15,17-18,22,24,26H,3-6,8-10,27H2,1-2H3/t13-,14-,15-,17?,18+,19-,20+,21-/m0/s1. The topological polar surface area (TPSA) is 94.8 Å². The van der Waals surface area contributed by atoms with E-state index < -0.39 is 29.5 Å². The Hall–Kier alpha value is -0.610. The molecule has 0 aromatic rings. The summed E-state index contributed by atoms with van der Waals surface area (Å²) in [4.78, 5) is 24.5. The van der Waals surface area contributed by atoms with Crippen LogP contribution in [0.4, 0.5) is 0 Å². The molecule has 0 aromatic heterocycles. The minimum Gasteiger partial charge on any atom is -0.393 e. The zero-order valence-electron chi connectivity index (χ0n) is 16.1. The predicted molar refractivity (Wildman–Crippen MR) is 104 cm³/mol. The van der Waals surface area contributed by atoms with Crippen LogP contribution in [0.25, 0.3) is 0 Å². The summed E-state index contributed by atoms with van der Waals surface area (Å²) in [7, 11) is 2.84. The van der Waals surface area contributed by atoms with Crippen molar-refractivity contribution in [2.24, 2.45) is 28.6 Å². The number of aliphatic hydroxyl groups excluding tert-OH is 2. The average Bonchev–Trinajstić information content (AvgIpc) is 2.87. The third kappa shape index (κ3) is 2.38. The molecular formula is C21H31O5P. The molecule has 0 aliphatic heterocycles. The number of aliphatic hydroxyl groups is 3. The summed E-state index contributed by atoms with van der Waals surface area (Å²) in [6, 6.07) is 0. The van der Waals surface area contributed by atoms with Gasteiger partial charge in [0, 0.05) is 17.3 Å². The molecule has 9 atom stereocenters. The zero-order chi connectivity index (χ0) is 19.8. The smallest absolute Gasteiger partial charge is 0.190 e. The van der Waals surface area contributed by atoms with Gasteiger partial charge in [-0.25, -0.2) is 0 Å². The molecule has 0 heterocycles. The van der Waals surface area contributed by atoms with Gasteiger partial charge in [-0.3, -0.25) is 9.59 Å². The van der Waals surface area contributed by atoms with Crippen LogP contribution in [-0.2, 0) is 9.59 Å². The molecule has 27 heavy (non-hydrogen) atoms. The third-order valence-electron chi connectivity index (χ3n) is 8.87. The Morgan fingerprint density at radius 1 is 1.33 bits per heavy atom. The highest BCUT2D eigenvalue weighted by Gasteiger charge is 2.68. The molecule has 0 bridgehead atoms. The summed E-state index contributed by atoms with van der Waals surface area (Å²) in [5, 5.41) is 31.9. The van der Waals surface area contributed by atoms with Crippen LogP contribution in [0.1, 0.15) is 52.4 Å². The summed E-state index contributed by atoms with van der Waals surface area (Å²) >= 11 is 0. The monoisotopic (exact) mass is 394 g/mol. The van der Waals surface area contributed by atoms with Gasteiger partial charge in [0.25, 0.3) is 0 Å². The van der Waals surface area contributed by atoms with Gasteiger partial charge in [0.1, 0.15) is 12.2 Å². The number of rotatable bonds is 2. The first-order valence-corrected chi connectivity index (χ1v) is 10.8. The molecule has 3 saturated carbocycles. The highest BCUT2D eigenvalue weighted by Crippen LogP contribution is 2.68. The van der Waals surface area contributed by atoms with E-state index >= 15 is 0 Å². The number of allylic oxidation sites excluding steroid dienone is 1. The van der Waals surface area contributed by atoms with E-state index in [0.29, 0.717) is 19.3 Å². The molecule has 0 spiro atoms. The van der Waals surface area contributed by atoms with Gasteiger partial charge >= 0.3 is 0 Å². The van der Waals surface area contributed by atoms with E-state index in [1.807, 2.05) is 6.92 Å². The van der Waals surface area contributed by atoms with Gasteiger partial charge < -0.3 is 15.3 Å². The largest absolute Gasteiger partial charge is 0.393 e. The Morgan fingerprint density at radius 3 is 2.70 bits per heavy atom. The average molecular weight is 394 g/mol. The number of fused-ring (bicyclic) bond motifs is 5. The van der Waals surface area contributed by atoms with E-state index in [4.69, 9.17) is 0 Å². The van der Waals surface area contributed by atoms with Crippen LogP contribution < -0.4 is 0 Å². The van der Waals surface area contributed by atoms with Crippen LogP contribution in [-0.4, -0.2) is 50.9 Å². The van der Waals surface area contributed by atoms with E-state index in [0.717, 1.165) is 24.8 Å². The van der Waals surface area contributed by atoms with Crippen molar-refractivity contribution in [3.8, 4) is 0 Å². The normalized spacial score (nSPS) is 51.9. The zero-order valence-corrected chi connectivity index (χ0v) is 17.3. The Morgan fingerprint density at radius 2 is 2.04 bits per heavy atom. The van der Waals surface area contributed by atoms with Crippen LogP contribution in [0.3, 0.4) is 0 Å². The van der Waals surface area contributed by atoms with Gasteiger partial charge in [-0.15, -0.1) is 9.24 Å². The van der Waals surface area contributed by atoms with Gasteiger partial charge in [0.15, 0.2) is 11.6 Å². The van der Waals surface area contributed by atoms with E-state index in [1.165, 1.54) is 0 Å². The van der Waals surface area contributed by atoms with Crippen molar-refractivity contribution >= 4 is 20.8 Å². The number of hydrogen-bond acceptors (Lipinski definition) is 5. The number of hydrogen-bond donors (Lipinski definition) is 3. The fourth-order valence-electron chi connectivity index (χ4n) is 7.39. The molecule has 150 valence electrons. The molecule has 0 saturated heterocycles. The first-order valence-electron chi connectivity index (χ1n) is 10.1. The lowest BCUT2D eigenvalue weighted by atomic mass is 9.45. The number of ketones is 2. The Balaban J connectivity index is 1.76. The van der Waals surface area contributed by atoms with Gasteiger partial charge in [-0.05, 0) is 61.6 Å². The lowest BCUT2D eigenvalue weighted by Gasteiger charge is -2.61. The first kappa shape index (κ1) is 19.7. The molecule has 3 N–H and O–H groups in total. The second-order valence-corrected chi connectivity index (χ2v) is 10.5. The third-order valence-corrected chi connectivity index (χ3v) is 9.80. The summed E-state index contributed by atoms with van der Waals surface area (Å²) in [5.74, 6) is 0.0165. The van der Waals surface area contributed by atoms with Crippen molar-refractivity contribution in [2.75, 3.05) is 6.61 Å². The van der Waals surface area contributed by atoms with Crippen LogP contribution in [0.15, 0.2) is 11.6 Å². The van der Waals surface area contributed by atoms with Crippen LogP contribution in [0.2, 0.25) is 0 Å². The molecule has 6 heteroatoms. The molecule has 0 amide bonds. The van der Waals surface area contributed by atoms with Crippen LogP contribution >= 0.6 is 9.24 Å². The summed E-state index contributed by atoms with van der Waals surface area (Å²) < 4.78 is 0. The molecule has 2 unspecified atom stereocenters. The van der Waals surface area contributed by atoms with E-state index in [1.54, 1.807) is 6.08 Å². The van der Waals surface area contributed by atoms with Crippen molar-refractivity contribution in [1.82, 2.24) is 0 Å². The first-order chi connectivity index (χ1) is 12.6. The van der Waals surface area contributed by atoms with Crippen LogP contribution in [0.5, 0.6) is 0 Å². The molecular weight excluding hydrogens is 363 g/mol. The van der Waals surface area contributed by atoms with Crippen molar-refractivity contribution in [2.45, 2.75) is 69.7 Å². The molecule has 4 aliphatic rings. The summed E-state index contributed by atoms with van der Waals surface area (Å²) in [6.07, 6.45) is 4.80. The molecule has 0 aromatic carbocycles. The quantitative estimate of drug-likeness (QED) is 0.619. The van der Waals surface area contributed by atoms with E-state index in [-0.39, 0.29) is 34.6 Å². The lowest BCUT2D eigenvalue weighted by Crippen LogP contribution is -2.63. The van der Waals surface area contributed by atoms with Crippen LogP contribution in [0, 0.1) is 28.6 Å². The number of carbonyl (C=O) groups excluding carboxylic acids is 2. The maximum Gasteiger partial charge on any atom is 0.190 e. The summed E-state index contributed by atoms with van der Waals surface area (Å²) in [5.41, 5.74) is -1.27. The highest BCUT2D eigenvalue weighted by atomic mass is 31.0. The van der Waals surface area contributed by atoms with E-state index in [2.05, 4.69) is 16.2 Å². The molecule has 3 fully saturated rings. The van der Waals surface area contributed by atoms with Gasteiger partial charge in [-0.1, -0.05) is 19.4 Å². The van der Waals surface area contributed by atoms with Crippen molar-refractivity contribution < 1.29 is 24.9 Å². The minimum absolute atomic E-state index is 0.0257. The van der Waals surface area contributed by atoms with Gasteiger partial charge in [-0.2, -0.15) is 0 Å². The van der Waals surface area contributed by atoms with E-state index in [9.17, 15) is 24.9 Å². The molecule has 5 nitrogen and oxygen atoms in total. The Labute approximate surface area is 162 Å². The predicted octanol–water partition coefficient (Wildman–Crippen LogP) is 1.64. The second kappa shape index (κ2) is 6.19. The second-order valence-electron chi connectivity index (χ2n) is 9.73. The Bertz CT molecular complexity index is 719. The molecule has 0 radical (unpaired) electrons. The molecule has 4 aliphatic carbocycles. The number of Topliss-reactive ketones (excluding diaryl/α,β-unsaturated/α-hetero) is 1. The van der Waals surface area contributed by atoms with Crippen molar-refractivity contribution in [1.29, 1.82) is 0 Å². The fourth-order valence-corrected chi connectivity index (χ4v) is 8.06. The lowest BCUT2D eigenvalue weighted by molar-refractivity contribution is -0.181. The van der Waals surface area contributed by atoms with Crippen molar-refractivity contribution in [3.05, 3.63) is 11.6 Å². The van der Waals surface area contributed by atoms with Gasteiger partial charge in [0.05, 0.1) is 6.10 Å². The number of carbonyl (C=O) groups is 2. The molecule has 4 rings (SSSR count).